The Morgan fingerprint density at radius 3 is 2.52 bits per heavy atom. The summed E-state index contributed by atoms with van der Waals surface area (Å²) in [6.07, 6.45) is 1.27. The lowest BCUT2D eigenvalue weighted by molar-refractivity contribution is -0.285. The second-order valence-electron chi connectivity index (χ2n) is 8.44. The first-order valence-electron chi connectivity index (χ1n) is 11.5. The third-order valence-electron chi connectivity index (χ3n) is 5.90. The fourth-order valence-corrected chi connectivity index (χ4v) is 4.43. The number of rotatable bonds is 7. The van der Waals surface area contributed by atoms with Gasteiger partial charge >= 0.3 is 11.9 Å². The Labute approximate surface area is 194 Å². The molecule has 2 aliphatic rings. The van der Waals surface area contributed by atoms with Crippen LogP contribution in [0.25, 0.3) is 0 Å². The lowest BCUT2D eigenvalue weighted by Crippen LogP contribution is -2.52. The summed E-state index contributed by atoms with van der Waals surface area (Å²) >= 11 is 0. The van der Waals surface area contributed by atoms with E-state index >= 15 is 0 Å². The maximum atomic E-state index is 11.9. The van der Waals surface area contributed by atoms with Crippen molar-refractivity contribution >= 4 is 11.9 Å². The van der Waals surface area contributed by atoms with Gasteiger partial charge in [0.05, 0.1) is 29.5 Å². The molecule has 2 saturated heterocycles. The molecule has 2 fully saturated rings. The Balaban J connectivity index is 1.79. The average Bonchev–Trinajstić information content (AvgIpc) is 2.79. The molecular weight excluding hydrogens is 428 g/mol. The fourth-order valence-electron chi connectivity index (χ4n) is 4.43. The van der Waals surface area contributed by atoms with Crippen molar-refractivity contribution in [2.45, 2.75) is 103 Å². The van der Waals surface area contributed by atoms with Crippen LogP contribution in [0.4, 0.5) is 0 Å². The number of pyridine rings is 1. The average molecular weight is 461 g/mol. The van der Waals surface area contributed by atoms with Crippen LogP contribution in [-0.2, 0) is 33.3 Å². The molecule has 3 rings (SSSR count). The highest BCUT2D eigenvalue weighted by molar-refractivity contribution is 5.66. The molecule has 0 bridgehead atoms. The number of ether oxygens (including phenoxy) is 5. The summed E-state index contributed by atoms with van der Waals surface area (Å²) in [5.41, 5.74) is 1.09. The van der Waals surface area contributed by atoms with Gasteiger partial charge in [-0.25, -0.2) is 0 Å². The quantitative estimate of drug-likeness (QED) is 0.565. The van der Waals surface area contributed by atoms with Gasteiger partial charge < -0.3 is 23.7 Å². The second kappa shape index (κ2) is 11.5. The van der Waals surface area contributed by atoms with Crippen molar-refractivity contribution in [3.05, 3.63) is 29.6 Å². The number of esters is 2. The number of carbonyl (C=O) groups excluding carboxylic acids is 2. The first kappa shape index (κ1) is 25.1. The van der Waals surface area contributed by atoms with Gasteiger partial charge in [-0.3, -0.25) is 14.6 Å². The zero-order valence-electron chi connectivity index (χ0n) is 19.6. The van der Waals surface area contributed by atoms with E-state index in [9.17, 15) is 14.9 Å². The largest absolute Gasteiger partial charge is 0.462 e. The van der Waals surface area contributed by atoms with E-state index in [0.717, 1.165) is 6.42 Å². The summed E-state index contributed by atoms with van der Waals surface area (Å²) in [4.78, 5) is 27.7. The maximum absolute atomic E-state index is 11.9. The van der Waals surface area contributed by atoms with E-state index in [1.54, 1.807) is 18.3 Å². The first-order chi connectivity index (χ1) is 15.8. The SMILES string of the molecule is CCC1CC(OC(C)=O)C[C@@H](O[C@H]2C(OC(C)=O)C[C@@H](c3cc(C#N)ccn3)OC2CC)O1. The predicted molar refractivity (Wildman–Crippen MR) is 116 cm³/mol. The van der Waals surface area contributed by atoms with Crippen LogP contribution in [0.5, 0.6) is 0 Å². The summed E-state index contributed by atoms with van der Waals surface area (Å²) in [7, 11) is 0. The van der Waals surface area contributed by atoms with Gasteiger partial charge in [0, 0.05) is 39.3 Å². The van der Waals surface area contributed by atoms with E-state index in [-0.39, 0.29) is 18.2 Å². The van der Waals surface area contributed by atoms with E-state index in [0.29, 0.717) is 36.9 Å². The van der Waals surface area contributed by atoms with Crippen LogP contribution in [0, 0.1) is 11.3 Å². The smallest absolute Gasteiger partial charge is 0.302 e. The molecule has 1 aromatic rings. The van der Waals surface area contributed by atoms with Gasteiger partial charge in [0.15, 0.2) is 6.29 Å². The molecule has 1 aromatic heterocycles. The summed E-state index contributed by atoms with van der Waals surface area (Å²) in [6, 6.07) is 5.42. The van der Waals surface area contributed by atoms with Crippen molar-refractivity contribution in [2.75, 3.05) is 0 Å². The lowest BCUT2D eigenvalue weighted by atomic mass is 9.93. The van der Waals surface area contributed by atoms with Gasteiger partial charge in [0.25, 0.3) is 0 Å². The minimum atomic E-state index is -0.620. The minimum absolute atomic E-state index is 0.101. The van der Waals surface area contributed by atoms with Crippen molar-refractivity contribution in [3.63, 3.8) is 0 Å². The molecule has 7 atom stereocenters. The van der Waals surface area contributed by atoms with Gasteiger partial charge in [-0.2, -0.15) is 5.26 Å². The van der Waals surface area contributed by atoms with Crippen LogP contribution in [0.2, 0.25) is 0 Å². The first-order valence-corrected chi connectivity index (χ1v) is 11.5. The number of hydrogen-bond donors (Lipinski definition) is 0. The highest BCUT2D eigenvalue weighted by atomic mass is 16.7. The molecule has 180 valence electrons. The molecule has 3 heterocycles. The van der Waals surface area contributed by atoms with E-state index in [2.05, 4.69) is 11.1 Å². The number of carbonyl (C=O) groups is 2. The second-order valence-corrected chi connectivity index (χ2v) is 8.44. The van der Waals surface area contributed by atoms with Gasteiger partial charge in [0.2, 0.25) is 0 Å². The van der Waals surface area contributed by atoms with E-state index < -0.39 is 36.7 Å². The van der Waals surface area contributed by atoms with Crippen LogP contribution in [-0.4, -0.2) is 53.7 Å². The van der Waals surface area contributed by atoms with Crippen molar-refractivity contribution in [1.29, 1.82) is 5.26 Å². The Morgan fingerprint density at radius 2 is 1.88 bits per heavy atom. The van der Waals surface area contributed by atoms with Crippen LogP contribution >= 0.6 is 0 Å². The molecule has 2 aliphatic heterocycles. The molecule has 0 amide bonds. The molecule has 33 heavy (non-hydrogen) atoms. The Bertz CT molecular complexity index is 871. The number of nitriles is 1. The van der Waals surface area contributed by atoms with E-state index in [1.807, 2.05) is 13.8 Å². The van der Waals surface area contributed by atoms with Crippen molar-refractivity contribution in [1.82, 2.24) is 4.98 Å². The van der Waals surface area contributed by atoms with Crippen LogP contribution < -0.4 is 0 Å². The standard InChI is InChI=1S/C24H32N2O7/c1-5-17-10-18(29-14(3)27)11-23(31-17)33-24-20(6-2)32-21(12-22(24)30-15(4)28)19-9-16(13-25)7-8-26-19/h7-9,17-18,20-24H,5-6,10-12H2,1-4H3/t17?,18?,20?,21-,22?,23+,24+/m0/s1. The van der Waals surface area contributed by atoms with Crippen molar-refractivity contribution in [2.24, 2.45) is 0 Å². The van der Waals surface area contributed by atoms with E-state index in [4.69, 9.17) is 23.7 Å². The monoisotopic (exact) mass is 460 g/mol. The Kier molecular flexibility index (Phi) is 8.78. The molecule has 0 spiro atoms. The van der Waals surface area contributed by atoms with Crippen molar-refractivity contribution < 1.29 is 33.3 Å². The van der Waals surface area contributed by atoms with Crippen molar-refractivity contribution in [3.8, 4) is 6.07 Å². The predicted octanol–water partition coefficient (Wildman–Crippen LogP) is 3.36. The molecule has 0 saturated carbocycles. The molecule has 4 unspecified atom stereocenters. The number of nitrogens with zero attached hydrogens (tertiary/aromatic N) is 2. The third-order valence-corrected chi connectivity index (χ3v) is 5.90. The topological polar surface area (TPSA) is 117 Å². The summed E-state index contributed by atoms with van der Waals surface area (Å²) in [5, 5.41) is 9.22. The highest BCUT2D eigenvalue weighted by Crippen LogP contribution is 2.37. The summed E-state index contributed by atoms with van der Waals surface area (Å²) in [6.45, 7) is 6.72. The Morgan fingerprint density at radius 1 is 1.12 bits per heavy atom. The van der Waals surface area contributed by atoms with Crippen LogP contribution in [0.3, 0.4) is 0 Å². The molecule has 0 aromatic carbocycles. The summed E-state index contributed by atoms with van der Waals surface area (Å²) in [5.74, 6) is -0.757. The van der Waals surface area contributed by atoms with Gasteiger partial charge in [-0.1, -0.05) is 13.8 Å². The molecular formula is C24H32N2O7. The van der Waals surface area contributed by atoms with Gasteiger partial charge in [0.1, 0.15) is 24.4 Å². The number of hydrogen-bond acceptors (Lipinski definition) is 9. The van der Waals surface area contributed by atoms with Gasteiger partial charge in [-0.05, 0) is 25.0 Å². The zero-order chi connectivity index (χ0) is 24.0. The van der Waals surface area contributed by atoms with E-state index in [1.165, 1.54) is 13.8 Å². The van der Waals surface area contributed by atoms with Crippen LogP contribution in [0.1, 0.15) is 77.2 Å². The molecule has 9 nitrogen and oxygen atoms in total. The molecule has 0 radical (unpaired) electrons. The highest BCUT2D eigenvalue weighted by Gasteiger charge is 2.44. The normalized spacial score (nSPS) is 31.9. The summed E-state index contributed by atoms with van der Waals surface area (Å²) < 4.78 is 29.8. The number of aromatic nitrogens is 1. The Hall–Kier alpha value is -2.54. The fraction of sp³-hybridized carbons (Fsp3) is 0.667. The third kappa shape index (κ3) is 6.73. The molecule has 0 N–H and O–H groups in total. The zero-order valence-corrected chi connectivity index (χ0v) is 19.6. The molecule has 0 aliphatic carbocycles. The minimum Gasteiger partial charge on any atom is -0.462 e. The van der Waals surface area contributed by atoms with Gasteiger partial charge in [-0.15, -0.1) is 0 Å². The molecule has 9 heteroatoms. The van der Waals surface area contributed by atoms with Crippen LogP contribution in [0.15, 0.2) is 18.3 Å². The maximum Gasteiger partial charge on any atom is 0.302 e. The lowest BCUT2D eigenvalue weighted by Gasteiger charge is -2.43.